The maximum atomic E-state index is 5.45. The van der Waals surface area contributed by atoms with Crippen molar-refractivity contribution < 1.29 is 4.74 Å². The summed E-state index contributed by atoms with van der Waals surface area (Å²) in [5.74, 6) is 2.71. The number of nitrogens with one attached hydrogen (secondary N) is 1. The van der Waals surface area contributed by atoms with Crippen molar-refractivity contribution >= 4 is 17.3 Å². The van der Waals surface area contributed by atoms with Gasteiger partial charge in [-0.1, -0.05) is 18.2 Å². The van der Waals surface area contributed by atoms with Gasteiger partial charge in [0.15, 0.2) is 0 Å². The number of nitrogens with zero attached hydrogens (tertiary/aromatic N) is 4. The van der Waals surface area contributed by atoms with E-state index >= 15 is 0 Å². The number of para-hydroxylation sites is 1. The van der Waals surface area contributed by atoms with Crippen molar-refractivity contribution in [1.82, 2.24) is 9.97 Å². The highest BCUT2D eigenvalue weighted by Crippen LogP contribution is 2.53. The third-order valence-corrected chi connectivity index (χ3v) is 7.25. The molecule has 1 spiro atoms. The van der Waals surface area contributed by atoms with Crippen LogP contribution in [0.5, 0.6) is 0 Å². The quantitative estimate of drug-likeness (QED) is 0.840. The Morgan fingerprint density at radius 3 is 2.48 bits per heavy atom. The number of aromatic nitrogens is 2. The second kappa shape index (κ2) is 8.19. The molecule has 0 amide bonds. The number of ether oxygens (including phenoxy) is 1. The van der Waals surface area contributed by atoms with E-state index in [-0.39, 0.29) is 0 Å². The van der Waals surface area contributed by atoms with Gasteiger partial charge in [-0.3, -0.25) is 0 Å². The number of rotatable bonds is 5. The van der Waals surface area contributed by atoms with Gasteiger partial charge in [0.1, 0.15) is 18.0 Å². The Kier molecular flexibility index (Phi) is 5.27. The summed E-state index contributed by atoms with van der Waals surface area (Å²) in [5.41, 5.74) is 1.89. The van der Waals surface area contributed by atoms with Crippen molar-refractivity contribution in [2.24, 2.45) is 11.3 Å². The molecule has 1 aromatic carbocycles. The second-order valence-electron chi connectivity index (χ2n) is 8.66. The van der Waals surface area contributed by atoms with Gasteiger partial charge in [0.05, 0.1) is 13.2 Å². The van der Waals surface area contributed by atoms with Gasteiger partial charge in [-0.15, -0.1) is 0 Å². The van der Waals surface area contributed by atoms with E-state index < -0.39 is 0 Å². The molecular formula is C23H31N5O. The van der Waals surface area contributed by atoms with Crippen molar-refractivity contribution in [3.63, 3.8) is 0 Å². The van der Waals surface area contributed by atoms with Gasteiger partial charge < -0.3 is 19.9 Å². The summed E-state index contributed by atoms with van der Waals surface area (Å²) >= 11 is 0. The van der Waals surface area contributed by atoms with Crippen LogP contribution in [0.25, 0.3) is 0 Å². The fourth-order valence-electron chi connectivity index (χ4n) is 5.22. The summed E-state index contributed by atoms with van der Waals surface area (Å²) in [6, 6.07) is 12.9. The molecule has 3 heterocycles. The van der Waals surface area contributed by atoms with Crippen LogP contribution in [0, 0.1) is 11.3 Å². The van der Waals surface area contributed by atoms with Crippen LogP contribution >= 0.6 is 0 Å². The first-order valence-electron chi connectivity index (χ1n) is 11.0. The number of piperidine rings is 1. The minimum absolute atomic E-state index is 0.526. The first-order valence-corrected chi connectivity index (χ1v) is 11.0. The molecule has 1 aliphatic carbocycles. The zero-order valence-corrected chi connectivity index (χ0v) is 17.1. The molecule has 29 heavy (non-hydrogen) atoms. The summed E-state index contributed by atoms with van der Waals surface area (Å²) < 4.78 is 5.45. The normalized spacial score (nSPS) is 23.7. The molecule has 0 bridgehead atoms. The summed E-state index contributed by atoms with van der Waals surface area (Å²) in [6.45, 7) is 6.73. The number of anilines is 3. The molecule has 6 nitrogen and oxygen atoms in total. The first-order chi connectivity index (χ1) is 14.3. The molecule has 1 unspecified atom stereocenters. The third-order valence-electron chi connectivity index (χ3n) is 7.25. The Labute approximate surface area is 173 Å². The maximum Gasteiger partial charge on any atom is 0.134 e. The third kappa shape index (κ3) is 3.90. The van der Waals surface area contributed by atoms with Crippen LogP contribution < -0.4 is 15.1 Å². The fraction of sp³-hybridized carbons (Fsp3) is 0.565. The van der Waals surface area contributed by atoms with E-state index in [9.17, 15) is 0 Å². The van der Waals surface area contributed by atoms with E-state index in [1.54, 1.807) is 6.33 Å². The van der Waals surface area contributed by atoms with Gasteiger partial charge in [0, 0.05) is 44.5 Å². The maximum absolute atomic E-state index is 5.45. The van der Waals surface area contributed by atoms with E-state index in [0.717, 1.165) is 50.4 Å². The summed E-state index contributed by atoms with van der Waals surface area (Å²) in [6.07, 6.45) is 7.00. The minimum atomic E-state index is 0.526. The van der Waals surface area contributed by atoms with Crippen LogP contribution in [-0.2, 0) is 4.74 Å². The van der Waals surface area contributed by atoms with Crippen LogP contribution in [-0.4, -0.2) is 55.9 Å². The van der Waals surface area contributed by atoms with Crippen molar-refractivity contribution in [2.45, 2.75) is 25.7 Å². The number of hydrogen-bond donors (Lipinski definition) is 1. The highest BCUT2D eigenvalue weighted by molar-refractivity contribution is 5.49. The van der Waals surface area contributed by atoms with Crippen LogP contribution in [0.15, 0.2) is 42.7 Å². The predicted octanol–water partition coefficient (Wildman–Crippen LogP) is 3.42. The Balaban J connectivity index is 1.16. The lowest BCUT2D eigenvalue weighted by atomic mass is 9.55. The van der Waals surface area contributed by atoms with Gasteiger partial charge in [-0.2, -0.15) is 0 Å². The smallest absolute Gasteiger partial charge is 0.134 e. The van der Waals surface area contributed by atoms with Crippen LogP contribution in [0.2, 0.25) is 0 Å². The van der Waals surface area contributed by atoms with Gasteiger partial charge in [-0.25, -0.2) is 9.97 Å². The van der Waals surface area contributed by atoms with Gasteiger partial charge in [0.2, 0.25) is 0 Å². The number of morpholine rings is 1. The van der Waals surface area contributed by atoms with Crippen molar-refractivity contribution in [1.29, 1.82) is 0 Å². The van der Waals surface area contributed by atoms with Crippen molar-refractivity contribution in [3.8, 4) is 0 Å². The van der Waals surface area contributed by atoms with E-state index in [2.05, 4.69) is 61.5 Å². The van der Waals surface area contributed by atoms with E-state index in [4.69, 9.17) is 4.74 Å². The molecule has 1 atom stereocenters. The topological polar surface area (TPSA) is 53.5 Å². The van der Waals surface area contributed by atoms with Crippen molar-refractivity contribution in [3.05, 3.63) is 42.7 Å². The minimum Gasteiger partial charge on any atom is -0.378 e. The monoisotopic (exact) mass is 393 g/mol. The van der Waals surface area contributed by atoms with E-state index in [1.165, 1.54) is 44.5 Å². The van der Waals surface area contributed by atoms with Gasteiger partial charge >= 0.3 is 0 Å². The lowest BCUT2D eigenvalue weighted by Gasteiger charge is -2.54. The largest absolute Gasteiger partial charge is 0.378 e. The predicted molar refractivity (Wildman–Crippen MR) is 117 cm³/mol. The van der Waals surface area contributed by atoms with Crippen molar-refractivity contribution in [2.75, 3.05) is 61.1 Å². The van der Waals surface area contributed by atoms with Gasteiger partial charge in [-0.05, 0) is 49.1 Å². The average molecular weight is 394 g/mol. The molecule has 2 aliphatic heterocycles. The second-order valence-corrected chi connectivity index (χ2v) is 8.66. The standard InChI is InChI=1S/C23H31N5O/c1-2-4-20(5-3-1)27-10-8-23(9-11-27)7-6-19(23)17-24-21-16-22(26-18-25-21)28-12-14-29-15-13-28/h1-5,16,18-19H,6-15,17H2,(H,24,25,26). The Morgan fingerprint density at radius 2 is 1.76 bits per heavy atom. The highest BCUT2D eigenvalue weighted by Gasteiger charge is 2.47. The SMILES string of the molecule is c1ccc(N2CCC3(CCC3CNc3cc(N4CCOCC4)ncn3)CC2)cc1. The molecule has 0 radical (unpaired) electrons. The molecule has 3 fully saturated rings. The molecule has 3 aliphatic rings. The molecule has 5 rings (SSSR count). The lowest BCUT2D eigenvalue weighted by molar-refractivity contribution is 0.0125. The molecule has 2 saturated heterocycles. The van der Waals surface area contributed by atoms with Crippen LogP contribution in [0.4, 0.5) is 17.3 Å². The zero-order valence-electron chi connectivity index (χ0n) is 17.1. The number of benzene rings is 1. The molecule has 6 heteroatoms. The number of hydrogen-bond acceptors (Lipinski definition) is 6. The van der Waals surface area contributed by atoms with E-state index in [1.807, 2.05) is 0 Å². The fourth-order valence-corrected chi connectivity index (χ4v) is 5.22. The first kappa shape index (κ1) is 18.7. The van der Waals surface area contributed by atoms with E-state index in [0.29, 0.717) is 5.41 Å². The molecule has 1 aromatic heterocycles. The van der Waals surface area contributed by atoms with Crippen LogP contribution in [0.1, 0.15) is 25.7 Å². The Morgan fingerprint density at radius 1 is 0.966 bits per heavy atom. The lowest BCUT2D eigenvalue weighted by Crippen LogP contribution is -2.51. The molecule has 2 aromatic rings. The molecule has 1 N–H and O–H groups in total. The molecular weight excluding hydrogens is 362 g/mol. The van der Waals surface area contributed by atoms with Gasteiger partial charge in [0.25, 0.3) is 0 Å². The van der Waals surface area contributed by atoms with Crippen LogP contribution in [0.3, 0.4) is 0 Å². The highest BCUT2D eigenvalue weighted by atomic mass is 16.5. The summed E-state index contributed by atoms with van der Waals surface area (Å²) in [4.78, 5) is 13.7. The molecule has 154 valence electrons. The molecule has 1 saturated carbocycles. The Bertz CT molecular complexity index is 800. The average Bonchev–Trinajstić information content (AvgIpc) is 2.80. The Hall–Kier alpha value is -2.34. The summed E-state index contributed by atoms with van der Waals surface area (Å²) in [5, 5.41) is 3.62. The summed E-state index contributed by atoms with van der Waals surface area (Å²) in [7, 11) is 0. The zero-order chi connectivity index (χ0) is 19.5.